The van der Waals surface area contributed by atoms with Crippen molar-refractivity contribution in [3.8, 4) is 0 Å². The molecule has 146 valence electrons. The highest BCUT2D eigenvalue weighted by molar-refractivity contribution is 5.91. The van der Waals surface area contributed by atoms with E-state index in [1.807, 2.05) is 59.2 Å². The fraction of sp³-hybridized carbons (Fsp3) is 0.200. The van der Waals surface area contributed by atoms with E-state index >= 15 is 0 Å². The van der Waals surface area contributed by atoms with Gasteiger partial charge in [-0.05, 0) is 41.3 Å². The molecule has 0 radical (unpaired) electrons. The number of hydrogen-bond donors (Lipinski definition) is 1. The molecule has 0 saturated heterocycles. The molecule has 29 heavy (non-hydrogen) atoms. The molecule has 0 unspecified atom stereocenters. The van der Waals surface area contributed by atoms with Crippen molar-refractivity contribution >= 4 is 22.6 Å². The van der Waals surface area contributed by atoms with Gasteiger partial charge in [0.25, 0.3) is 0 Å². The largest absolute Gasteiger partial charge is 0.325 e. The summed E-state index contributed by atoms with van der Waals surface area (Å²) in [7, 11) is 0. The summed E-state index contributed by atoms with van der Waals surface area (Å²) in [6.07, 6.45) is 0.686. The molecule has 0 spiro atoms. The first kappa shape index (κ1) is 18.9. The Bertz CT molecular complexity index is 1110. The van der Waals surface area contributed by atoms with E-state index in [0.717, 1.165) is 22.5 Å². The third-order valence-corrected chi connectivity index (χ3v) is 5.10. The minimum atomic E-state index is -0.0558. The van der Waals surface area contributed by atoms with Gasteiger partial charge in [0.15, 0.2) is 0 Å². The lowest BCUT2D eigenvalue weighted by atomic mass is 10.0. The van der Waals surface area contributed by atoms with Gasteiger partial charge in [-0.2, -0.15) is 0 Å². The lowest BCUT2D eigenvalue weighted by Gasteiger charge is -2.11. The van der Waals surface area contributed by atoms with E-state index < -0.39 is 0 Å². The zero-order valence-corrected chi connectivity index (χ0v) is 16.8. The Kier molecular flexibility index (Phi) is 5.43. The fourth-order valence-electron chi connectivity index (χ4n) is 3.51. The lowest BCUT2D eigenvalue weighted by Crippen LogP contribution is -2.20. The minimum absolute atomic E-state index is 0.0558. The number of imidazole rings is 1. The number of aromatic nitrogens is 2. The van der Waals surface area contributed by atoms with Gasteiger partial charge in [0.05, 0.1) is 11.0 Å². The summed E-state index contributed by atoms with van der Waals surface area (Å²) in [6.45, 7) is 4.55. The molecule has 0 fully saturated rings. The summed E-state index contributed by atoms with van der Waals surface area (Å²) in [6, 6.07) is 26.2. The molecule has 4 rings (SSSR count). The van der Waals surface area contributed by atoms with E-state index in [9.17, 15) is 4.79 Å². The second kappa shape index (κ2) is 8.31. The number of anilines is 1. The highest BCUT2D eigenvalue weighted by atomic mass is 16.1. The number of rotatable bonds is 6. The molecule has 4 aromatic rings. The monoisotopic (exact) mass is 383 g/mol. The average Bonchev–Trinajstić information content (AvgIpc) is 3.06. The van der Waals surface area contributed by atoms with Gasteiger partial charge in [-0.1, -0.05) is 68.4 Å². The van der Waals surface area contributed by atoms with Gasteiger partial charge in [0.1, 0.15) is 12.4 Å². The van der Waals surface area contributed by atoms with Gasteiger partial charge in [-0.15, -0.1) is 0 Å². The minimum Gasteiger partial charge on any atom is -0.325 e. The zero-order valence-electron chi connectivity index (χ0n) is 16.8. The Morgan fingerprint density at radius 3 is 2.34 bits per heavy atom. The predicted octanol–water partition coefficient (Wildman–Crippen LogP) is 5.39. The fourth-order valence-corrected chi connectivity index (χ4v) is 3.51. The van der Waals surface area contributed by atoms with Crippen molar-refractivity contribution < 1.29 is 4.79 Å². The molecule has 3 aromatic carbocycles. The van der Waals surface area contributed by atoms with Gasteiger partial charge >= 0.3 is 0 Å². The Morgan fingerprint density at radius 1 is 0.931 bits per heavy atom. The van der Waals surface area contributed by atoms with Crippen molar-refractivity contribution in [3.05, 3.63) is 95.8 Å². The number of benzene rings is 3. The maximum atomic E-state index is 12.8. The summed E-state index contributed by atoms with van der Waals surface area (Å²) in [4.78, 5) is 17.6. The van der Waals surface area contributed by atoms with Gasteiger partial charge in [-0.25, -0.2) is 4.98 Å². The van der Waals surface area contributed by atoms with Crippen molar-refractivity contribution in [2.45, 2.75) is 32.7 Å². The number of para-hydroxylation sites is 2. The summed E-state index contributed by atoms with van der Waals surface area (Å²) >= 11 is 0. The van der Waals surface area contributed by atoms with Crippen LogP contribution in [0.3, 0.4) is 0 Å². The summed E-state index contributed by atoms with van der Waals surface area (Å²) in [5.41, 5.74) is 5.13. The maximum Gasteiger partial charge on any atom is 0.244 e. The molecule has 4 heteroatoms. The van der Waals surface area contributed by atoms with Crippen LogP contribution in [0.25, 0.3) is 11.0 Å². The molecule has 1 aromatic heterocycles. The smallest absolute Gasteiger partial charge is 0.244 e. The highest BCUT2D eigenvalue weighted by Gasteiger charge is 2.14. The zero-order chi connectivity index (χ0) is 20.2. The topological polar surface area (TPSA) is 46.9 Å². The molecule has 0 aliphatic rings. The predicted molar refractivity (Wildman–Crippen MR) is 118 cm³/mol. The molecular formula is C25H25N3O. The molecule has 0 aliphatic heterocycles. The van der Waals surface area contributed by atoms with Crippen LogP contribution in [-0.2, 0) is 17.8 Å². The van der Waals surface area contributed by atoms with Gasteiger partial charge in [0.2, 0.25) is 5.91 Å². The maximum absolute atomic E-state index is 12.8. The standard InChI is InChI=1S/C25H25N3O/c1-18(2)20-12-14-21(15-13-20)26-25(29)17-28-23-11-7-6-10-22(23)27-24(28)16-19-8-4-3-5-9-19/h3-15,18H,16-17H2,1-2H3,(H,26,29). The molecule has 0 bridgehead atoms. The molecular weight excluding hydrogens is 358 g/mol. The van der Waals surface area contributed by atoms with Crippen LogP contribution in [0.15, 0.2) is 78.9 Å². The second-order valence-electron chi connectivity index (χ2n) is 7.59. The highest BCUT2D eigenvalue weighted by Crippen LogP contribution is 2.20. The lowest BCUT2D eigenvalue weighted by molar-refractivity contribution is -0.116. The van der Waals surface area contributed by atoms with Crippen LogP contribution in [0.1, 0.15) is 36.7 Å². The molecule has 1 amide bonds. The molecule has 0 saturated carbocycles. The first-order valence-corrected chi connectivity index (χ1v) is 9.98. The van der Waals surface area contributed by atoms with Crippen LogP contribution >= 0.6 is 0 Å². The van der Waals surface area contributed by atoms with Gasteiger partial charge in [-0.3, -0.25) is 4.79 Å². The quantitative estimate of drug-likeness (QED) is 0.485. The molecule has 1 N–H and O–H groups in total. The van der Waals surface area contributed by atoms with E-state index in [0.29, 0.717) is 12.3 Å². The number of carbonyl (C=O) groups excluding carboxylic acids is 1. The van der Waals surface area contributed by atoms with Crippen LogP contribution in [0.2, 0.25) is 0 Å². The Labute approximate surface area is 171 Å². The van der Waals surface area contributed by atoms with Crippen molar-refractivity contribution in [1.82, 2.24) is 9.55 Å². The summed E-state index contributed by atoms with van der Waals surface area (Å²) < 4.78 is 2.01. The third-order valence-electron chi connectivity index (χ3n) is 5.10. The van der Waals surface area contributed by atoms with Crippen LogP contribution in [0.5, 0.6) is 0 Å². The number of fused-ring (bicyclic) bond motifs is 1. The average molecular weight is 383 g/mol. The van der Waals surface area contributed by atoms with Gasteiger partial charge < -0.3 is 9.88 Å². The number of carbonyl (C=O) groups is 1. The van der Waals surface area contributed by atoms with E-state index in [1.54, 1.807) is 0 Å². The molecule has 0 aliphatic carbocycles. The number of hydrogen-bond acceptors (Lipinski definition) is 2. The van der Waals surface area contributed by atoms with Crippen molar-refractivity contribution in [2.75, 3.05) is 5.32 Å². The Morgan fingerprint density at radius 2 is 1.62 bits per heavy atom. The van der Waals surface area contributed by atoms with Crippen LogP contribution in [-0.4, -0.2) is 15.5 Å². The Balaban J connectivity index is 1.57. The molecule has 0 atom stereocenters. The SMILES string of the molecule is CC(C)c1ccc(NC(=O)Cn2c(Cc3ccccc3)nc3ccccc32)cc1. The van der Waals surface area contributed by atoms with E-state index in [2.05, 4.69) is 43.4 Å². The number of amides is 1. The third kappa shape index (κ3) is 4.37. The first-order valence-electron chi connectivity index (χ1n) is 9.98. The summed E-state index contributed by atoms with van der Waals surface area (Å²) in [5, 5.41) is 3.01. The molecule has 4 nitrogen and oxygen atoms in total. The van der Waals surface area contributed by atoms with E-state index in [4.69, 9.17) is 4.98 Å². The van der Waals surface area contributed by atoms with Crippen molar-refractivity contribution in [3.63, 3.8) is 0 Å². The second-order valence-corrected chi connectivity index (χ2v) is 7.59. The van der Waals surface area contributed by atoms with Gasteiger partial charge in [0, 0.05) is 12.1 Å². The van der Waals surface area contributed by atoms with Crippen molar-refractivity contribution in [1.29, 1.82) is 0 Å². The molecule has 1 heterocycles. The Hall–Kier alpha value is -3.40. The first-order chi connectivity index (χ1) is 14.1. The van der Waals surface area contributed by atoms with Crippen LogP contribution < -0.4 is 5.32 Å². The number of nitrogens with one attached hydrogen (secondary N) is 1. The van der Waals surface area contributed by atoms with E-state index in [-0.39, 0.29) is 12.5 Å². The van der Waals surface area contributed by atoms with E-state index in [1.165, 1.54) is 11.1 Å². The van der Waals surface area contributed by atoms with Crippen LogP contribution in [0.4, 0.5) is 5.69 Å². The number of nitrogens with zero attached hydrogens (tertiary/aromatic N) is 2. The van der Waals surface area contributed by atoms with Crippen molar-refractivity contribution in [2.24, 2.45) is 0 Å². The summed E-state index contributed by atoms with van der Waals surface area (Å²) in [5.74, 6) is 1.31. The van der Waals surface area contributed by atoms with Crippen LogP contribution in [0, 0.1) is 0 Å². The normalized spacial score (nSPS) is 11.1.